The van der Waals surface area contributed by atoms with Gasteiger partial charge in [0.05, 0.1) is 0 Å². The van der Waals surface area contributed by atoms with E-state index in [0.29, 0.717) is 0 Å². The Morgan fingerprint density at radius 1 is 1.29 bits per heavy atom. The number of benzene rings is 1. The molecule has 0 aromatic heterocycles. The van der Waals surface area contributed by atoms with Gasteiger partial charge in [0.2, 0.25) is 0 Å². The monoisotopic (exact) mass is 312 g/mol. The Bertz CT molecular complexity index is 479. The van der Waals surface area contributed by atoms with Gasteiger partial charge in [-0.15, -0.1) is 0 Å². The first kappa shape index (κ1) is 17.0. The van der Waals surface area contributed by atoms with Crippen LogP contribution in [0.1, 0.15) is 18.5 Å². The molecule has 1 atom stereocenters. The third-order valence-corrected chi connectivity index (χ3v) is 2.39. The Kier molecular flexibility index (Phi) is 5.74. The Balaban J connectivity index is 3.12. The predicted octanol–water partition coefficient (Wildman–Crippen LogP) is 3.21. The minimum Gasteiger partial charge on any atom is -0.434 e. The smallest absolute Gasteiger partial charge is 0.413 e. The van der Waals surface area contributed by atoms with Crippen molar-refractivity contribution in [1.82, 2.24) is 10.6 Å². The van der Waals surface area contributed by atoms with E-state index in [-0.39, 0.29) is 6.54 Å². The lowest BCUT2D eigenvalue weighted by Crippen LogP contribution is -2.43. The van der Waals surface area contributed by atoms with Crippen molar-refractivity contribution in [3.8, 4) is 5.75 Å². The van der Waals surface area contributed by atoms with Gasteiger partial charge in [-0.1, -0.05) is 18.2 Å². The molecular formula is C12H13F5N2O2. The molecule has 0 aliphatic heterocycles. The van der Waals surface area contributed by atoms with Gasteiger partial charge in [-0.3, -0.25) is 0 Å². The van der Waals surface area contributed by atoms with E-state index in [9.17, 15) is 26.7 Å². The highest BCUT2D eigenvalue weighted by atomic mass is 19.4. The maximum Gasteiger partial charge on any atom is 0.413 e. The zero-order valence-electron chi connectivity index (χ0n) is 10.9. The second-order valence-corrected chi connectivity index (χ2v) is 3.89. The van der Waals surface area contributed by atoms with E-state index in [1.54, 1.807) is 5.32 Å². The summed E-state index contributed by atoms with van der Waals surface area (Å²) in [6, 6.07) is 0.888. The molecule has 0 unspecified atom stereocenters. The molecule has 0 heterocycles. The van der Waals surface area contributed by atoms with E-state index in [0.717, 1.165) is 12.1 Å². The van der Waals surface area contributed by atoms with Crippen LogP contribution in [0.4, 0.5) is 26.7 Å². The third kappa shape index (κ3) is 5.09. The van der Waals surface area contributed by atoms with Crippen molar-refractivity contribution in [2.75, 3.05) is 6.54 Å². The molecule has 9 heteroatoms. The minimum atomic E-state index is -4.87. The van der Waals surface area contributed by atoms with Crippen molar-refractivity contribution in [3.63, 3.8) is 0 Å². The predicted molar refractivity (Wildman–Crippen MR) is 64.1 cm³/mol. The molecule has 0 bridgehead atoms. The van der Waals surface area contributed by atoms with Crippen LogP contribution >= 0.6 is 0 Å². The van der Waals surface area contributed by atoms with Gasteiger partial charge >= 0.3 is 18.8 Å². The van der Waals surface area contributed by atoms with E-state index >= 15 is 0 Å². The fraction of sp³-hybridized carbons (Fsp3) is 0.417. The number of hydrogen-bond acceptors (Lipinski definition) is 2. The van der Waals surface area contributed by atoms with E-state index in [4.69, 9.17) is 0 Å². The summed E-state index contributed by atoms with van der Waals surface area (Å²) in [5, 5.41) is 3.83. The zero-order chi connectivity index (χ0) is 16.0. The number of carbonyl (C=O) groups is 1. The van der Waals surface area contributed by atoms with Crippen molar-refractivity contribution in [3.05, 3.63) is 29.8 Å². The standard InChI is InChI=1S/C12H13F5N2O2/c1-2-18-11(20)19-9(12(15,16)17)7-5-3-4-6-8(7)21-10(13)14/h3-6,9-10H,2H2,1H3,(H2,18,19,20)/t9-/m0/s1. The lowest BCUT2D eigenvalue weighted by molar-refractivity contribution is -0.156. The third-order valence-electron chi connectivity index (χ3n) is 2.39. The lowest BCUT2D eigenvalue weighted by atomic mass is 10.1. The summed E-state index contributed by atoms with van der Waals surface area (Å²) >= 11 is 0. The molecule has 0 saturated heterocycles. The molecule has 2 amide bonds. The largest absolute Gasteiger partial charge is 0.434 e. The van der Waals surface area contributed by atoms with Gasteiger partial charge in [-0.2, -0.15) is 22.0 Å². The first-order valence-corrected chi connectivity index (χ1v) is 5.90. The Morgan fingerprint density at radius 3 is 2.43 bits per heavy atom. The molecule has 1 aromatic carbocycles. The lowest BCUT2D eigenvalue weighted by Gasteiger charge is -2.24. The van der Waals surface area contributed by atoms with E-state index in [2.05, 4.69) is 10.1 Å². The van der Waals surface area contributed by atoms with Gasteiger partial charge in [-0.05, 0) is 13.0 Å². The second-order valence-electron chi connectivity index (χ2n) is 3.89. The molecule has 21 heavy (non-hydrogen) atoms. The molecule has 1 aromatic rings. The van der Waals surface area contributed by atoms with Gasteiger partial charge in [0.15, 0.2) is 6.04 Å². The van der Waals surface area contributed by atoms with Crippen LogP contribution in [-0.4, -0.2) is 25.4 Å². The number of amides is 2. The van der Waals surface area contributed by atoms with Crippen molar-refractivity contribution < 1.29 is 31.5 Å². The number of para-hydroxylation sites is 1. The molecular weight excluding hydrogens is 299 g/mol. The number of nitrogens with one attached hydrogen (secondary N) is 2. The summed E-state index contributed by atoms with van der Waals surface area (Å²) in [6.45, 7) is -1.63. The summed E-state index contributed by atoms with van der Waals surface area (Å²) in [5.41, 5.74) is -0.600. The molecule has 0 spiro atoms. The fourth-order valence-electron chi connectivity index (χ4n) is 1.60. The van der Waals surface area contributed by atoms with Crippen molar-refractivity contribution in [2.45, 2.75) is 25.8 Å². The number of alkyl halides is 5. The summed E-state index contributed by atoms with van der Waals surface area (Å²) in [5.74, 6) is -0.647. The van der Waals surface area contributed by atoms with Crippen molar-refractivity contribution >= 4 is 6.03 Å². The molecule has 118 valence electrons. The van der Waals surface area contributed by atoms with Crippen LogP contribution in [0.3, 0.4) is 0 Å². The van der Waals surface area contributed by atoms with Crippen LogP contribution in [0.15, 0.2) is 24.3 Å². The maximum absolute atomic E-state index is 13.0. The number of hydrogen-bond donors (Lipinski definition) is 2. The molecule has 1 rings (SSSR count). The Morgan fingerprint density at radius 2 is 1.90 bits per heavy atom. The van der Waals surface area contributed by atoms with Crippen LogP contribution in [0, 0.1) is 0 Å². The normalized spacial score (nSPS) is 12.9. The first-order chi connectivity index (χ1) is 9.75. The van der Waals surface area contributed by atoms with Gasteiger partial charge in [-0.25, -0.2) is 4.79 Å². The summed E-state index contributed by atoms with van der Waals surface area (Å²) in [6.07, 6.45) is -4.87. The quantitative estimate of drug-likeness (QED) is 0.820. The maximum atomic E-state index is 13.0. The van der Waals surface area contributed by atoms with Crippen LogP contribution < -0.4 is 15.4 Å². The molecule has 0 fully saturated rings. The number of halogens is 5. The topological polar surface area (TPSA) is 50.4 Å². The summed E-state index contributed by atoms with van der Waals surface area (Å²) in [7, 11) is 0. The zero-order valence-corrected chi connectivity index (χ0v) is 10.9. The number of carbonyl (C=O) groups excluding carboxylic acids is 1. The van der Waals surface area contributed by atoms with E-state index < -0.39 is 36.2 Å². The molecule has 0 radical (unpaired) electrons. The number of urea groups is 1. The van der Waals surface area contributed by atoms with Crippen LogP contribution in [0.5, 0.6) is 5.75 Å². The van der Waals surface area contributed by atoms with E-state index in [1.165, 1.54) is 19.1 Å². The fourth-order valence-corrected chi connectivity index (χ4v) is 1.60. The molecule has 0 aliphatic carbocycles. The first-order valence-electron chi connectivity index (χ1n) is 5.90. The van der Waals surface area contributed by atoms with Crippen LogP contribution in [0.25, 0.3) is 0 Å². The average molecular weight is 312 g/mol. The number of rotatable bonds is 5. The Labute approximate surface area is 117 Å². The highest BCUT2D eigenvalue weighted by molar-refractivity contribution is 5.74. The Hall–Kier alpha value is -2.06. The number of ether oxygens (including phenoxy) is 1. The molecule has 0 saturated carbocycles. The summed E-state index contributed by atoms with van der Waals surface area (Å²) in [4.78, 5) is 11.3. The van der Waals surface area contributed by atoms with Crippen molar-refractivity contribution in [1.29, 1.82) is 0 Å². The second kappa shape index (κ2) is 7.09. The average Bonchev–Trinajstić information content (AvgIpc) is 2.35. The van der Waals surface area contributed by atoms with Gasteiger partial charge in [0.1, 0.15) is 5.75 Å². The van der Waals surface area contributed by atoms with Crippen molar-refractivity contribution in [2.24, 2.45) is 0 Å². The van der Waals surface area contributed by atoms with Gasteiger partial charge in [0.25, 0.3) is 0 Å². The highest BCUT2D eigenvalue weighted by Gasteiger charge is 2.43. The molecule has 2 N–H and O–H groups in total. The molecule has 4 nitrogen and oxygen atoms in total. The van der Waals surface area contributed by atoms with Crippen LogP contribution in [0.2, 0.25) is 0 Å². The van der Waals surface area contributed by atoms with Crippen LogP contribution in [-0.2, 0) is 0 Å². The molecule has 0 aliphatic rings. The van der Waals surface area contributed by atoms with Gasteiger partial charge < -0.3 is 15.4 Å². The summed E-state index contributed by atoms with van der Waals surface area (Å²) < 4.78 is 67.7. The van der Waals surface area contributed by atoms with Gasteiger partial charge in [0, 0.05) is 12.1 Å². The minimum absolute atomic E-state index is 0.117. The highest BCUT2D eigenvalue weighted by Crippen LogP contribution is 2.37. The van der Waals surface area contributed by atoms with E-state index in [1.807, 2.05) is 0 Å². The SMILES string of the molecule is CCNC(=O)N[C@@H](c1ccccc1OC(F)F)C(F)(F)F.